The Morgan fingerprint density at radius 3 is 2.73 bits per heavy atom. The Kier molecular flexibility index (Phi) is 6.06. The molecule has 1 fully saturated rings. The molecule has 5 rings (SSSR count). The summed E-state index contributed by atoms with van der Waals surface area (Å²) >= 11 is 1.45. The summed E-state index contributed by atoms with van der Waals surface area (Å²) in [7, 11) is 0. The number of carbonyl (C=O) groups is 1. The highest BCUT2D eigenvalue weighted by Gasteiger charge is 2.22. The Labute approximate surface area is 195 Å². The Morgan fingerprint density at radius 2 is 1.94 bits per heavy atom. The van der Waals surface area contributed by atoms with Gasteiger partial charge in [-0.3, -0.25) is 18.9 Å². The lowest BCUT2D eigenvalue weighted by molar-refractivity contribution is -0.133. The first-order valence-corrected chi connectivity index (χ1v) is 11.9. The molecule has 0 radical (unpaired) electrons. The second-order valence-electron chi connectivity index (χ2n) is 8.28. The average molecular weight is 464 g/mol. The van der Waals surface area contributed by atoms with Gasteiger partial charge >= 0.3 is 0 Å². The van der Waals surface area contributed by atoms with Crippen molar-refractivity contribution in [3.63, 3.8) is 0 Å². The second-order valence-corrected chi connectivity index (χ2v) is 9.16. The third kappa shape index (κ3) is 4.89. The van der Waals surface area contributed by atoms with E-state index in [0.29, 0.717) is 43.3 Å². The lowest BCUT2D eigenvalue weighted by atomic mass is 10.1. The maximum Gasteiger partial charge on any atom is 0.258 e. The predicted octanol–water partition coefficient (Wildman–Crippen LogP) is 3.00. The molecule has 0 saturated carbocycles. The van der Waals surface area contributed by atoms with Crippen LogP contribution >= 0.6 is 11.3 Å². The van der Waals surface area contributed by atoms with Crippen LogP contribution in [-0.4, -0.2) is 56.3 Å². The lowest BCUT2D eigenvalue weighted by Crippen LogP contribution is -2.48. The first-order valence-electron chi connectivity index (χ1n) is 11.0. The van der Waals surface area contributed by atoms with Crippen molar-refractivity contribution in [1.29, 1.82) is 0 Å². The maximum absolute atomic E-state index is 12.7. The van der Waals surface area contributed by atoms with Crippen molar-refractivity contribution in [2.24, 2.45) is 0 Å². The van der Waals surface area contributed by atoms with E-state index in [2.05, 4.69) is 14.9 Å². The number of carbonyl (C=O) groups excluding carboxylic acids is 1. The molecule has 4 heterocycles. The van der Waals surface area contributed by atoms with E-state index in [4.69, 9.17) is 4.42 Å². The van der Waals surface area contributed by atoms with Crippen LogP contribution in [0.4, 0.5) is 0 Å². The minimum Gasteiger partial charge on any atom is -0.441 e. The average Bonchev–Trinajstić information content (AvgIpc) is 3.48. The molecule has 33 heavy (non-hydrogen) atoms. The number of hydrogen-bond donors (Lipinski definition) is 0. The highest BCUT2D eigenvalue weighted by atomic mass is 32.1. The number of aryl methyl sites for hydroxylation is 2. The number of benzene rings is 1. The van der Waals surface area contributed by atoms with Crippen molar-refractivity contribution in [1.82, 2.24) is 24.2 Å². The van der Waals surface area contributed by atoms with Crippen LogP contribution in [-0.2, 0) is 17.8 Å². The Bertz CT molecular complexity index is 1320. The second kappa shape index (κ2) is 9.29. The van der Waals surface area contributed by atoms with E-state index in [0.717, 1.165) is 30.1 Å². The highest BCUT2D eigenvalue weighted by molar-refractivity contribution is 7.15. The van der Waals surface area contributed by atoms with Crippen LogP contribution in [0.1, 0.15) is 23.6 Å². The molecular weight excluding hydrogens is 438 g/mol. The minimum absolute atomic E-state index is 0.0536. The number of nitrogens with zero attached hydrogens (tertiary/aromatic N) is 5. The van der Waals surface area contributed by atoms with Crippen molar-refractivity contribution < 1.29 is 9.21 Å². The van der Waals surface area contributed by atoms with Crippen LogP contribution in [0.25, 0.3) is 16.3 Å². The Balaban J connectivity index is 1.11. The van der Waals surface area contributed by atoms with E-state index in [9.17, 15) is 9.59 Å². The van der Waals surface area contributed by atoms with Crippen LogP contribution in [0.5, 0.6) is 0 Å². The van der Waals surface area contributed by atoms with Crippen molar-refractivity contribution in [3.8, 4) is 11.3 Å². The molecule has 1 saturated heterocycles. The fourth-order valence-corrected chi connectivity index (χ4v) is 4.74. The molecule has 0 atom stereocenters. The number of fused-ring (bicyclic) bond motifs is 1. The third-order valence-electron chi connectivity index (χ3n) is 5.91. The molecule has 1 aromatic carbocycles. The van der Waals surface area contributed by atoms with E-state index in [1.807, 2.05) is 41.5 Å². The van der Waals surface area contributed by atoms with Crippen molar-refractivity contribution >= 4 is 22.2 Å². The van der Waals surface area contributed by atoms with Gasteiger partial charge in [-0.2, -0.15) is 0 Å². The standard InChI is InChI=1S/C24H25N5O3S/c1-17-2-4-18(5-3-17)20-15-25-21(32-20)6-7-22(30)28-10-8-27(9-11-28)16-19-14-23(31)29-12-13-33-24(29)26-19/h2-5,12-15H,6-11,16H2,1H3. The van der Waals surface area contributed by atoms with Crippen LogP contribution in [0, 0.1) is 6.92 Å². The normalized spacial score (nSPS) is 14.8. The van der Waals surface area contributed by atoms with Crippen LogP contribution in [0.3, 0.4) is 0 Å². The van der Waals surface area contributed by atoms with E-state index >= 15 is 0 Å². The topological polar surface area (TPSA) is 84.0 Å². The molecule has 0 spiro atoms. The van der Waals surface area contributed by atoms with Gasteiger partial charge in [0.2, 0.25) is 5.91 Å². The van der Waals surface area contributed by atoms with E-state index in [1.165, 1.54) is 16.9 Å². The summed E-state index contributed by atoms with van der Waals surface area (Å²) in [4.78, 5) is 38.6. The molecule has 0 unspecified atom stereocenters. The summed E-state index contributed by atoms with van der Waals surface area (Å²) in [5, 5.41) is 1.86. The summed E-state index contributed by atoms with van der Waals surface area (Å²) in [6, 6.07) is 9.69. The molecule has 8 nitrogen and oxygen atoms in total. The maximum atomic E-state index is 12.7. The van der Waals surface area contributed by atoms with Gasteiger partial charge in [-0.1, -0.05) is 29.8 Å². The summed E-state index contributed by atoms with van der Waals surface area (Å²) in [5.74, 6) is 1.42. The zero-order chi connectivity index (χ0) is 22.8. The number of rotatable bonds is 6. The number of aromatic nitrogens is 3. The van der Waals surface area contributed by atoms with Crippen molar-refractivity contribution in [3.05, 3.63) is 75.6 Å². The molecule has 170 valence electrons. The Hall–Kier alpha value is -3.30. The minimum atomic E-state index is -0.0536. The number of thiazole rings is 1. The van der Waals surface area contributed by atoms with Gasteiger partial charge in [-0.25, -0.2) is 9.97 Å². The number of amides is 1. The molecule has 1 amide bonds. The molecule has 4 aromatic rings. The molecule has 1 aliphatic rings. The quantitative estimate of drug-likeness (QED) is 0.437. The molecule has 3 aromatic heterocycles. The largest absolute Gasteiger partial charge is 0.441 e. The fraction of sp³-hybridized carbons (Fsp3) is 0.333. The van der Waals surface area contributed by atoms with E-state index in [-0.39, 0.29) is 11.5 Å². The summed E-state index contributed by atoms with van der Waals surface area (Å²) < 4.78 is 7.40. The van der Waals surface area contributed by atoms with Gasteiger partial charge in [0.15, 0.2) is 16.6 Å². The first-order chi connectivity index (χ1) is 16.0. The van der Waals surface area contributed by atoms with Gasteiger partial charge in [-0.15, -0.1) is 11.3 Å². The lowest BCUT2D eigenvalue weighted by Gasteiger charge is -2.34. The predicted molar refractivity (Wildman–Crippen MR) is 126 cm³/mol. The summed E-state index contributed by atoms with van der Waals surface area (Å²) in [5.41, 5.74) is 2.90. The zero-order valence-corrected chi connectivity index (χ0v) is 19.3. The summed E-state index contributed by atoms with van der Waals surface area (Å²) in [6.07, 6.45) is 4.32. The molecule has 0 bridgehead atoms. The van der Waals surface area contributed by atoms with E-state index < -0.39 is 0 Å². The molecule has 9 heteroatoms. The van der Waals surface area contributed by atoms with Gasteiger partial charge in [0.05, 0.1) is 11.9 Å². The van der Waals surface area contributed by atoms with Gasteiger partial charge in [0.1, 0.15) is 0 Å². The van der Waals surface area contributed by atoms with Crippen LogP contribution < -0.4 is 5.56 Å². The third-order valence-corrected chi connectivity index (χ3v) is 6.67. The van der Waals surface area contributed by atoms with Gasteiger partial charge in [0, 0.05) is 68.8 Å². The Morgan fingerprint density at radius 1 is 1.15 bits per heavy atom. The van der Waals surface area contributed by atoms with Gasteiger partial charge in [0.25, 0.3) is 5.56 Å². The first kappa shape index (κ1) is 21.5. The van der Waals surface area contributed by atoms with Crippen molar-refractivity contribution in [2.75, 3.05) is 26.2 Å². The monoisotopic (exact) mass is 463 g/mol. The molecular formula is C24H25N5O3S. The molecule has 0 aliphatic carbocycles. The van der Waals surface area contributed by atoms with Crippen LogP contribution in [0.15, 0.2) is 57.3 Å². The SMILES string of the molecule is Cc1ccc(-c2cnc(CCC(=O)N3CCN(Cc4cc(=O)n5ccsc5n4)CC3)o2)cc1. The van der Waals surface area contributed by atoms with Gasteiger partial charge < -0.3 is 9.32 Å². The van der Waals surface area contributed by atoms with Crippen LogP contribution in [0.2, 0.25) is 0 Å². The molecule has 0 N–H and O–H groups in total. The van der Waals surface area contributed by atoms with Gasteiger partial charge in [-0.05, 0) is 6.92 Å². The number of oxazole rings is 1. The number of hydrogen-bond acceptors (Lipinski definition) is 7. The van der Waals surface area contributed by atoms with Crippen molar-refractivity contribution in [2.45, 2.75) is 26.3 Å². The van der Waals surface area contributed by atoms with E-state index in [1.54, 1.807) is 22.9 Å². The zero-order valence-electron chi connectivity index (χ0n) is 18.4. The molecule has 1 aliphatic heterocycles. The smallest absolute Gasteiger partial charge is 0.258 e. The summed E-state index contributed by atoms with van der Waals surface area (Å²) in [6.45, 7) is 5.51. The fourth-order valence-electron chi connectivity index (χ4n) is 4.00. The number of piperazine rings is 1. The highest BCUT2D eigenvalue weighted by Crippen LogP contribution is 2.21.